The van der Waals surface area contributed by atoms with Crippen molar-refractivity contribution in [1.29, 1.82) is 0 Å². The average Bonchev–Trinajstić information content (AvgIpc) is 3.06. The molecule has 0 bridgehead atoms. The maximum Gasteiger partial charge on any atom is 0.224 e. The summed E-state index contributed by atoms with van der Waals surface area (Å²) in [6.07, 6.45) is 5.70. The van der Waals surface area contributed by atoms with E-state index in [1.54, 1.807) is 24.5 Å². The molecule has 1 aromatic carbocycles. The number of halogens is 1. The molecule has 1 N–H and O–H groups in total. The van der Waals surface area contributed by atoms with Crippen LogP contribution < -0.4 is 5.32 Å². The first kappa shape index (κ1) is 16.2. The minimum atomic E-state index is -0.0168. The van der Waals surface area contributed by atoms with Crippen molar-refractivity contribution in [2.75, 3.05) is 6.54 Å². The molecule has 1 amide bonds. The van der Waals surface area contributed by atoms with Crippen molar-refractivity contribution in [2.24, 2.45) is 0 Å². The summed E-state index contributed by atoms with van der Waals surface area (Å²) in [6, 6.07) is 13.0. The Kier molecular flexibility index (Phi) is 5.23. The molecule has 0 aliphatic rings. The highest BCUT2D eigenvalue weighted by molar-refractivity contribution is 6.30. The Morgan fingerprint density at radius 3 is 2.67 bits per heavy atom. The molecular weight excluding hydrogens is 324 g/mol. The smallest absolute Gasteiger partial charge is 0.224 e. The lowest BCUT2D eigenvalue weighted by Crippen LogP contribution is -2.28. The standard InChI is InChI=1S/C18H17ClN4O/c19-15-6-4-14(5-7-15)13-17(24)21-9-11-23-12-10-22-18(23)16-3-1-2-8-20-16/h1-8,10,12H,9,11,13H2,(H,21,24). The number of nitrogens with one attached hydrogen (secondary N) is 1. The van der Waals surface area contributed by atoms with Crippen molar-refractivity contribution >= 4 is 17.5 Å². The zero-order valence-electron chi connectivity index (χ0n) is 13.0. The normalized spacial score (nSPS) is 10.5. The highest BCUT2D eigenvalue weighted by atomic mass is 35.5. The largest absolute Gasteiger partial charge is 0.354 e. The first-order valence-corrected chi connectivity index (χ1v) is 8.04. The molecule has 0 aliphatic heterocycles. The SMILES string of the molecule is O=C(Cc1ccc(Cl)cc1)NCCn1ccnc1-c1ccccn1. The van der Waals surface area contributed by atoms with E-state index >= 15 is 0 Å². The number of carbonyl (C=O) groups is 1. The van der Waals surface area contributed by atoms with Crippen LogP contribution in [0.3, 0.4) is 0 Å². The Hall–Kier alpha value is -2.66. The number of carbonyl (C=O) groups excluding carboxylic acids is 1. The third kappa shape index (κ3) is 4.20. The third-order valence-electron chi connectivity index (χ3n) is 3.56. The average molecular weight is 341 g/mol. The van der Waals surface area contributed by atoms with E-state index in [2.05, 4.69) is 15.3 Å². The summed E-state index contributed by atoms with van der Waals surface area (Å²) in [5.74, 6) is 0.777. The number of hydrogen-bond acceptors (Lipinski definition) is 3. The summed E-state index contributed by atoms with van der Waals surface area (Å²) in [5, 5.41) is 3.59. The fourth-order valence-corrected chi connectivity index (χ4v) is 2.51. The molecule has 0 unspecified atom stereocenters. The third-order valence-corrected chi connectivity index (χ3v) is 3.81. The van der Waals surface area contributed by atoms with Gasteiger partial charge in [0.25, 0.3) is 0 Å². The summed E-state index contributed by atoms with van der Waals surface area (Å²) in [6.45, 7) is 1.17. The second kappa shape index (κ2) is 7.75. The van der Waals surface area contributed by atoms with Crippen molar-refractivity contribution in [1.82, 2.24) is 19.9 Å². The molecule has 0 aliphatic carbocycles. The van der Waals surface area contributed by atoms with Gasteiger partial charge in [0.05, 0.1) is 6.42 Å². The molecule has 24 heavy (non-hydrogen) atoms. The van der Waals surface area contributed by atoms with Crippen LogP contribution in [0.5, 0.6) is 0 Å². The van der Waals surface area contributed by atoms with Crippen LogP contribution >= 0.6 is 11.6 Å². The van der Waals surface area contributed by atoms with Gasteiger partial charge >= 0.3 is 0 Å². The summed E-state index contributed by atoms with van der Waals surface area (Å²) in [7, 11) is 0. The highest BCUT2D eigenvalue weighted by Gasteiger charge is 2.07. The number of aromatic nitrogens is 3. The molecule has 122 valence electrons. The lowest BCUT2D eigenvalue weighted by Gasteiger charge is -2.09. The maximum absolute atomic E-state index is 12.0. The summed E-state index contributed by atoms with van der Waals surface area (Å²) in [5.41, 5.74) is 1.75. The van der Waals surface area contributed by atoms with Gasteiger partial charge in [-0.1, -0.05) is 29.8 Å². The van der Waals surface area contributed by atoms with Crippen LogP contribution in [-0.4, -0.2) is 27.0 Å². The second-order valence-corrected chi connectivity index (χ2v) is 5.75. The first-order valence-electron chi connectivity index (χ1n) is 7.66. The van der Waals surface area contributed by atoms with Gasteiger partial charge in [-0.3, -0.25) is 9.78 Å². The Bertz CT molecular complexity index is 799. The fourth-order valence-electron chi connectivity index (χ4n) is 2.38. The second-order valence-electron chi connectivity index (χ2n) is 5.31. The van der Waals surface area contributed by atoms with Crippen molar-refractivity contribution in [2.45, 2.75) is 13.0 Å². The van der Waals surface area contributed by atoms with E-state index in [1.165, 1.54) is 0 Å². The zero-order chi connectivity index (χ0) is 16.8. The van der Waals surface area contributed by atoms with E-state index in [4.69, 9.17) is 11.6 Å². The van der Waals surface area contributed by atoms with Gasteiger partial charge in [0.15, 0.2) is 5.82 Å². The number of amides is 1. The van der Waals surface area contributed by atoms with Gasteiger partial charge in [-0.2, -0.15) is 0 Å². The number of hydrogen-bond donors (Lipinski definition) is 1. The molecule has 3 aromatic rings. The Morgan fingerprint density at radius 2 is 1.92 bits per heavy atom. The molecule has 6 heteroatoms. The van der Waals surface area contributed by atoms with E-state index in [-0.39, 0.29) is 5.91 Å². The van der Waals surface area contributed by atoms with E-state index in [0.717, 1.165) is 17.1 Å². The van der Waals surface area contributed by atoms with Gasteiger partial charge in [-0.15, -0.1) is 0 Å². The van der Waals surface area contributed by atoms with Crippen molar-refractivity contribution < 1.29 is 4.79 Å². The summed E-state index contributed by atoms with van der Waals surface area (Å²) < 4.78 is 1.98. The Balaban J connectivity index is 1.53. The van der Waals surface area contributed by atoms with Crippen LogP contribution in [0.2, 0.25) is 5.02 Å². The maximum atomic E-state index is 12.0. The fraction of sp³-hybridized carbons (Fsp3) is 0.167. The molecule has 5 nitrogen and oxygen atoms in total. The van der Waals surface area contributed by atoms with Gasteiger partial charge in [0, 0.05) is 36.7 Å². The lowest BCUT2D eigenvalue weighted by molar-refractivity contribution is -0.120. The minimum Gasteiger partial charge on any atom is -0.354 e. The number of pyridine rings is 1. The van der Waals surface area contributed by atoms with Crippen LogP contribution in [0.15, 0.2) is 61.1 Å². The molecule has 0 saturated carbocycles. The highest BCUT2D eigenvalue weighted by Crippen LogP contribution is 2.13. The topological polar surface area (TPSA) is 59.8 Å². The molecule has 0 fully saturated rings. The van der Waals surface area contributed by atoms with E-state index in [1.807, 2.05) is 41.1 Å². The lowest BCUT2D eigenvalue weighted by atomic mass is 10.1. The van der Waals surface area contributed by atoms with Gasteiger partial charge in [-0.25, -0.2) is 4.98 Å². The van der Waals surface area contributed by atoms with Crippen molar-refractivity contribution in [3.05, 3.63) is 71.6 Å². The van der Waals surface area contributed by atoms with Crippen LogP contribution in [0.4, 0.5) is 0 Å². The molecule has 0 spiro atoms. The van der Waals surface area contributed by atoms with Crippen LogP contribution in [0, 0.1) is 0 Å². The quantitative estimate of drug-likeness (QED) is 0.750. The van der Waals surface area contributed by atoms with Gasteiger partial charge in [0.1, 0.15) is 5.69 Å². The van der Waals surface area contributed by atoms with Crippen LogP contribution in [0.1, 0.15) is 5.56 Å². The van der Waals surface area contributed by atoms with Crippen molar-refractivity contribution in [3.63, 3.8) is 0 Å². The molecule has 3 rings (SSSR count). The number of nitrogens with zero attached hydrogens (tertiary/aromatic N) is 3. The molecule has 0 atom stereocenters. The molecular formula is C18H17ClN4O. The Morgan fingerprint density at radius 1 is 1.08 bits per heavy atom. The van der Waals surface area contributed by atoms with Gasteiger partial charge in [-0.05, 0) is 29.8 Å². The van der Waals surface area contributed by atoms with E-state index < -0.39 is 0 Å². The Labute approximate surface area is 145 Å². The number of benzene rings is 1. The minimum absolute atomic E-state index is 0.0168. The number of imidazole rings is 1. The van der Waals surface area contributed by atoms with E-state index in [9.17, 15) is 4.79 Å². The van der Waals surface area contributed by atoms with Gasteiger partial charge in [0.2, 0.25) is 5.91 Å². The molecule has 0 radical (unpaired) electrons. The summed E-state index contributed by atoms with van der Waals surface area (Å²) >= 11 is 5.84. The van der Waals surface area contributed by atoms with Gasteiger partial charge < -0.3 is 9.88 Å². The molecule has 2 aromatic heterocycles. The zero-order valence-corrected chi connectivity index (χ0v) is 13.8. The first-order chi connectivity index (χ1) is 11.7. The predicted octanol–water partition coefficient (Wildman–Crippen LogP) is 2.96. The summed E-state index contributed by atoms with van der Waals surface area (Å²) in [4.78, 5) is 20.6. The van der Waals surface area contributed by atoms with Crippen LogP contribution in [-0.2, 0) is 17.8 Å². The molecule has 2 heterocycles. The van der Waals surface area contributed by atoms with Crippen LogP contribution in [0.25, 0.3) is 11.5 Å². The number of rotatable bonds is 6. The van der Waals surface area contributed by atoms with Crippen molar-refractivity contribution in [3.8, 4) is 11.5 Å². The van der Waals surface area contributed by atoms with E-state index in [0.29, 0.717) is 24.5 Å². The predicted molar refractivity (Wildman–Crippen MR) is 93.6 cm³/mol. The molecule has 0 saturated heterocycles. The monoisotopic (exact) mass is 340 g/mol.